The highest BCUT2D eigenvalue weighted by Gasteiger charge is 2.16. The summed E-state index contributed by atoms with van der Waals surface area (Å²) in [7, 11) is 0. The Labute approximate surface area is 170 Å². The van der Waals surface area contributed by atoms with Gasteiger partial charge in [0.15, 0.2) is 0 Å². The van der Waals surface area contributed by atoms with E-state index in [0.717, 1.165) is 22.1 Å². The fourth-order valence-corrected chi connectivity index (χ4v) is 3.69. The lowest BCUT2D eigenvalue weighted by Gasteiger charge is -2.08. The number of amides is 1. The van der Waals surface area contributed by atoms with Gasteiger partial charge < -0.3 is 10.1 Å². The van der Waals surface area contributed by atoms with Crippen molar-refractivity contribution in [2.75, 3.05) is 5.32 Å². The SMILES string of the molecule is Cc1ccc(OCc2nc(C)c(C(=O)Nc3ccc(C(C)C)cc3)s2)cc1C. The van der Waals surface area contributed by atoms with Gasteiger partial charge in [0.05, 0.1) is 5.69 Å². The molecular weight excluding hydrogens is 368 g/mol. The summed E-state index contributed by atoms with van der Waals surface area (Å²) in [5.41, 5.74) is 5.18. The van der Waals surface area contributed by atoms with Crippen molar-refractivity contribution in [1.82, 2.24) is 4.98 Å². The van der Waals surface area contributed by atoms with Crippen molar-refractivity contribution in [3.63, 3.8) is 0 Å². The van der Waals surface area contributed by atoms with Gasteiger partial charge in [0, 0.05) is 5.69 Å². The summed E-state index contributed by atoms with van der Waals surface area (Å²) in [5, 5.41) is 3.74. The number of aromatic nitrogens is 1. The molecule has 0 aliphatic rings. The molecular formula is C23H26N2O2S. The molecule has 0 fully saturated rings. The second-order valence-electron chi connectivity index (χ2n) is 7.29. The molecule has 28 heavy (non-hydrogen) atoms. The van der Waals surface area contributed by atoms with E-state index in [1.54, 1.807) is 0 Å². The van der Waals surface area contributed by atoms with Gasteiger partial charge >= 0.3 is 0 Å². The van der Waals surface area contributed by atoms with Gasteiger partial charge in [0.25, 0.3) is 5.91 Å². The maximum atomic E-state index is 12.6. The van der Waals surface area contributed by atoms with Crippen molar-refractivity contribution in [2.24, 2.45) is 0 Å². The first-order valence-electron chi connectivity index (χ1n) is 9.41. The van der Waals surface area contributed by atoms with Crippen LogP contribution in [0.4, 0.5) is 5.69 Å². The van der Waals surface area contributed by atoms with E-state index < -0.39 is 0 Å². The molecule has 0 radical (unpaired) electrons. The molecule has 0 aliphatic heterocycles. The van der Waals surface area contributed by atoms with E-state index in [9.17, 15) is 4.79 Å². The van der Waals surface area contributed by atoms with Crippen LogP contribution in [0.3, 0.4) is 0 Å². The van der Waals surface area contributed by atoms with Gasteiger partial charge in [0.2, 0.25) is 0 Å². The first-order chi connectivity index (χ1) is 13.3. The number of hydrogen-bond donors (Lipinski definition) is 1. The van der Waals surface area contributed by atoms with Crippen molar-refractivity contribution in [3.05, 3.63) is 74.7 Å². The van der Waals surface area contributed by atoms with Crippen LogP contribution >= 0.6 is 11.3 Å². The molecule has 1 heterocycles. The first kappa shape index (κ1) is 20.1. The van der Waals surface area contributed by atoms with Crippen molar-refractivity contribution >= 4 is 22.9 Å². The Morgan fingerprint density at radius 3 is 2.43 bits per heavy atom. The maximum Gasteiger partial charge on any atom is 0.267 e. The van der Waals surface area contributed by atoms with Crippen LogP contribution in [-0.4, -0.2) is 10.9 Å². The summed E-state index contributed by atoms with van der Waals surface area (Å²) in [5.74, 6) is 1.14. The highest BCUT2D eigenvalue weighted by Crippen LogP contribution is 2.23. The van der Waals surface area contributed by atoms with Gasteiger partial charge in [-0.3, -0.25) is 4.79 Å². The van der Waals surface area contributed by atoms with Crippen LogP contribution in [0.15, 0.2) is 42.5 Å². The Hall–Kier alpha value is -2.66. The number of hydrogen-bond acceptors (Lipinski definition) is 4. The molecule has 1 amide bonds. The number of nitrogens with one attached hydrogen (secondary N) is 1. The van der Waals surface area contributed by atoms with E-state index >= 15 is 0 Å². The predicted molar refractivity (Wildman–Crippen MR) is 116 cm³/mol. The van der Waals surface area contributed by atoms with Gasteiger partial charge in [-0.15, -0.1) is 11.3 Å². The zero-order valence-electron chi connectivity index (χ0n) is 17.0. The third kappa shape index (κ3) is 4.78. The van der Waals surface area contributed by atoms with E-state index in [4.69, 9.17) is 4.74 Å². The number of carbonyl (C=O) groups is 1. The van der Waals surface area contributed by atoms with Crippen LogP contribution in [0.1, 0.15) is 56.8 Å². The zero-order valence-corrected chi connectivity index (χ0v) is 17.8. The van der Waals surface area contributed by atoms with Crippen molar-refractivity contribution in [1.29, 1.82) is 0 Å². The molecule has 0 saturated heterocycles. The van der Waals surface area contributed by atoms with Crippen LogP contribution < -0.4 is 10.1 Å². The normalized spacial score (nSPS) is 10.9. The molecule has 3 rings (SSSR count). The summed E-state index contributed by atoms with van der Waals surface area (Å²) in [6.07, 6.45) is 0. The lowest BCUT2D eigenvalue weighted by Crippen LogP contribution is -2.11. The van der Waals surface area contributed by atoms with E-state index in [-0.39, 0.29) is 5.91 Å². The number of rotatable bonds is 6. The van der Waals surface area contributed by atoms with Gasteiger partial charge in [-0.2, -0.15) is 0 Å². The number of anilines is 1. The molecule has 0 bridgehead atoms. The Morgan fingerprint density at radius 1 is 1.07 bits per heavy atom. The van der Waals surface area contributed by atoms with Gasteiger partial charge in [-0.1, -0.05) is 32.0 Å². The Bertz CT molecular complexity index is 975. The Kier molecular flexibility index (Phi) is 6.15. The monoisotopic (exact) mass is 394 g/mol. The lowest BCUT2D eigenvalue weighted by molar-refractivity contribution is 0.103. The molecule has 1 N–H and O–H groups in total. The summed E-state index contributed by atoms with van der Waals surface area (Å²) in [4.78, 5) is 17.8. The number of aryl methyl sites for hydroxylation is 3. The first-order valence-corrected chi connectivity index (χ1v) is 10.2. The summed E-state index contributed by atoms with van der Waals surface area (Å²) >= 11 is 1.37. The summed E-state index contributed by atoms with van der Waals surface area (Å²) in [6.45, 7) is 10.6. The van der Waals surface area contributed by atoms with Crippen molar-refractivity contribution < 1.29 is 9.53 Å². The smallest absolute Gasteiger partial charge is 0.267 e. The largest absolute Gasteiger partial charge is 0.486 e. The summed E-state index contributed by atoms with van der Waals surface area (Å²) < 4.78 is 5.85. The minimum atomic E-state index is -0.135. The number of carbonyl (C=O) groups excluding carboxylic acids is 1. The standard InChI is InChI=1S/C23H26N2O2S/c1-14(2)18-7-9-19(10-8-18)25-23(26)22-17(5)24-21(28-22)13-27-20-11-6-15(3)16(4)12-20/h6-12,14H,13H2,1-5H3,(H,25,26). The molecule has 1 aromatic heterocycles. The molecule has 3 aromatic rings. The number of nitrogens with zero attached hydrogens (tertiary/aromatic N) is 1. The number of benzene rings is 2. The molecule has 146 valence electrons. The molecule has 0 unspecified atom stereocenters. The highest BCUT2D eigenvalue weighted by molar-refractivity contribution is 7.13. The summed E-state index contributed by atoms with van der Waals surface area (Å²) in [6, 6.07) is 14.0. The average Bonchev–Trinajstić information content (AvgIpc) is 3.04. The molecule has 0 saturated carbocycles. The van der Waals surface area contributed by atoms with Crippen molar-refractivity contribution in [3.8, 4) is 5.75 Å². The Balaban J connectivity index is 1.65. The van der Waals surface area contributed by atoms with E-state index in [1.165, 1.54) is 28.0 Å². The topological polar surface area (TPSA) is 51.2 Å². The van der Waals surface area contributed by atoms with Crippen LogP contribution in [0.5, 0.6) is 5.75 Å². The zero-order chi connectivity index (χ0) is 20.3. The molecule has 0 aliphatic carbocycles. The highest BCUT2D eigenvalue weighted by atomic mass is 32.1. The second kappa shape index (κ2) is 8.57. The second-order valence-corrected chi connectivity index (χ2v) is 8.37. The maximum absolute atomic E-state index is 12.6. The average molecular weight is 395 g/mol. The number of thiazole rings is 1. The minimum absolute atomic E-state index is 0.135. The quantitative estimate of drug-likeness (QED) is 0.556. The predicted octanol–water partition coefficient (Wildman–Crippen LogP) is 6.02. The molecule has 2 aromatic carbocycles. The van der Waals surface area contributed by atoms with Crippen LogP contribution in [-0.2, 0) is 6.61 Å². The molecule has 4 nitrogen and oxygen atoms in total. The third-order valence-corrected chi connectivity index (χ3v) is 5.85. The van der Waals surface area contributed by atoms with E-state index in [0.29, 0.717) is 17.4 Å². The van der Waals surface area contributed by atoms with Crippen molar-refractivity contribution in [2.45, 2.75) is 47.1 Å². The molecule has 0 atom stereocenters. The van der Waals surface area contributed by atoms with Crippen LogP contribution in [0, 0.1) is 20.8 Å². The van der Waals surface area contributed by atoms with Gasteiger partial charge in [-0.25, -0.2) is 4.98 Å². The van der Waals surface area contributed by atoms with Crippen LogP contribution in [0.25, 0.3) is 0 Å². The van der Waals surface area contributed by atoms with Crippen LogP contribution in [0.2, 0.25) is 0 Å². The Morgan fingerprint density at radius 2 is 1.79 bits per heavy atom. The fourth-order valence-electron chi connectivity index (χ4n) is 2.81. The van der Waals surface area contributed by atoms with E-state index in [2.05, 4.69) is 38.0 Å². The molecule has 0 spiro atoms. The lowest BCUT2D eigenvalue weighted by atomic mass is 10.0. The van der Waals surface area contributed by atoms with Gasteiger partial charge in [-0.05, 0) is 67.6 Å². The number of ether oxygens (including phenoxy) is 1. The van der Waals surface area contributed by atoms with E-state index in [1.807, 2.05) is 49.4 Å². The van der Waals surface area contributed by atoms with Gasteiger partial charge in [0.1, 0.15) is 22.2 Å². The molecule has 5 heteroatoms. The minimum Gasteiger partial charge on any atom is -0.486 e. The fraction of sp³-hybridized carbons (Fsp3) is 0.304. The third-order valence-electron chi connectivity index (χ3n) is 4.72.